The zero-order valence-electron chi connectivity index (χ0n) is 13.6. The van der Waals surface area contributed by atoms with Gasteiger partial charge in [-0.05, 0) is 12.1 Å². The molecule has 0 N–H and O–H groups in total. The van der Waals surface area contributed by atoms with Gasteiger partial charge in [0.05, 0.1) is 37.5 Å². The molecule has 1 aromatic carbocycles. The zero-order chi connectivity index (χ0) is 17.5. The third-order valence-electron chi connectivity index (χ3n) is 3.97. The van der Waals surface area contributed by atoms with Crippen LogP contribution in [0.5, 0.6) is 11.5 Å². The molecule has 2 atom stereocenters. The summed E-state index contributed by atoms with van der Waals surface area (Å²) in [6, 6.07) is 5.00. The molecule has 0 bridgehead atoms. The number of hydrogen-bond acceptors (Lipinski definition) is 6. The molecule has 9 heteroatoms. The van der Waals surface area contributed by atoms with Crippen LogP contribution in [0.25, 0.3) is 0 Å². The van der Waals surface area contributed by atoms with Gasteiger partial charge in [-0.2, -0.15) is 4.99 Å². The first kappa shape index (κ1) is 17.1. The largest absolute Gasteiger partial charge is 0.497 e. The van der Waals surface area contributed by atoms with Crippen molar-refractivity contribution >= 4 is 38.4 Å². The van der Waals surface area contributed by atoms with Crippen LogP contribution in [0.1, 0.15) is 6.92 Å². The summed E-state index contributed by atoms with van der Waals surface area (Å²) in [5.41, 5.74) is 0.647. The van der Waals surface area contributed by atoms with Crippen molar-refractivity contribution in [3.05, 3.63) is 18.2 Å². The van der Waals surface area contributed by atoms with Crippen LogP contribution < -0.4 is 14.4 Å². The highest BCUT2D eigenvalue weighted by Crippen LogP contribution is 2.44. The van der Waals surface area contributed by atoms with Gasteiger partial charge < -0.3 is 14.4 Å². The van der Waals surface area contributed by atoms with Gasteiger partial charge >= 0.3 is 0 Å². The maximum Gasteiger partial charge on any atom is 0.244 e. The van der Waals surface area contributed by atoms with Gasteiger partial charge in [-0.25, -0.2) is 8.42 Å². The second kappa shape index (κ2) is 6.29. The molecule has 2 aliphatic rings. The van der Waals surface area contributed by atoms with Gasteiger partial charge in [-0.3, -0.25) is 4.79 Å². The first-order chi connectivity index (χ1) is 11.3. The average molecular weight is 370 g/mol. The van der Waals surface area contributed by atoms with Crippen molar-refractivity contribution in [3.63, 3.8) is 0 Å². The monoisotopic (exact) mass is 370 g/mol. The number of rotatable bonds is 3. The Kier molecular flexibility index (Phi) is 4.48. The molecule has 0 aliphatic carbocycles. The van der Waals surface area contributed by atoms with Crippen LogP contribution in [0.4, 0.5) is 5.69 Å². The smallest absolute Gasteiger partial charge is 0.244 e. The normalized spacial score (nSPS) is 26.5. The van der Waals surface area contributed by atoms with Gasteiger partial charge in [0.25, 0.3) is 0 Å². The van der Waals surface area contributed by atoms with E-state index in [0.29, 0.717) is 22.4 Å². The number of amidine groups is 1. The molecule has 0 spiro atoms. The van der Waals surface area contributed by atoms with Crippen LogP contribution in [0, 0.1) is 0 Å². The fraction of sp³-hybridized carbons (Fsp3) is 0.467. The van der Waals surface area contributed by atoms with Gasteiger partial charge in [-0.15, -0.1) is 0 Å². The molecule has 1 amide bonds. The number of hydrogen-bond donors (Lipinski definition) is 0. The fourth-order valence-corrected chi connectivity index (χ4v) is 6.92. The van der Waals surface area contributed by atoms with Gasteiger partial charge in [0.1, 0.15) is 11.5 Å². The van der Waals surface area contributed by atoms with E-state index in [1.54, 1.807) is 37.3 Å². The van der Waals surface area contributed by atoms with Gasteiger partial charge in [0, 0.05) is 18.2 Å². The Morgan fingerprint density at radius 1 is 1.29 bits per heavy atom. The number of benzene rings is 1. The number of thioether (sulfide) groups is 1. The Balaban J connectivity index is 2.12. The molecule has 0 saturated carbocycles. The van der Waals surface area contributed by atoms with Gasteiger partial charge in [0.15, 0.2) is 15.0 Å². The molecule has 2 heterocycles. The van der Waals surface area contributed by atoms with E-state index in [4.69, 9.17) is 9.47 Å². The van der Waals surface area contributed by atoms with Crippen LogP contribution in [-0.2, 0) is 14.6 Å². The molecule has 2 saturated heterocycles. The number of anilines is 1. The molecule has 0 radical (unpaired) electrons. The molecule has 0 unspecified atom stereocenters. The summed E-state index contributed by atoms with van der Waals surface area (Å²) in [4.78, 5) is 17.4. The second-order valence-electron chi connectivity index (χ2n) is 5.62. The maximum atomic E-state index is 12.0. The molecular weight excluding hydrogens is 352 g/mol. The molecule has 3 rings (SSSR count). The number of sulfone groups is 1. The first-order valence-corrected chi connectivity index (χ1v) is 10.0. The number of carbonyl (C=O) groups excluding carboxylic acids is 1. The molecule has 1 aromatic rings. The lowest BCUT2D eigenvalue weighted by atomic mass is 10.2. The summed E-state index contributed by atoms with van der Waals surface area (Å²) in [6.45, 7) is 1.37. The topological polar surface area (TPSA) is 85.3 Å². The third kappa shape index (κ3) is 3.10. The highest BCUT2D eigenvalue weighted by molar-refractivity contribution is 8.16. The Morgan fingerprint density at radius 2 is 2.04 bits per heavy atom. The van der Waals surface area contributed by atoms with Crippen LogP contribution in [0.15, 0.2) is 23.2 Å². The number of carbonyl (C=O) groups is 1. The minimum absolute atomic E-state index is 0.0297. The third-order valence-corrected chi connectivity index (χ3v) is 7.17. The summed E-state index contributed by atoms with van der Waals surface area (Å²) in [5.74, 6) is 0.969. The van der Waals surface area contributed by atoms with Crippen molar-refractivity contribution < 1.29 is 22.7 Å². The van der Waals surface area contributed by atoms with Gasteiger partial charge in [-0.1, -0.05) is 11.8 Å². The quantitative estimate of drug-likeness (QED) is 0.793. The van der Waals surface area contributed by atoms with Crippen molar-refractivity contribution in [2.24, 2.45) is 4.99 Å². The predicted octanol–water partition coefficient (Wildman–Crippen LogP) is 1.33. The highest BCUT2D eigenvalue weighted by atomic mass is 32.2. The molecular formula is C15H18N2O5S2. The lowest BCUT2D eigenvalue weighted by Gasteiger charge is -2.26. The van der Waals surface area contributed by atoms with Crippen LogP contribution in [-0.4, -0.2) is 56.5 Å². The first-order valence-electron chi connectivity index (χ1n) is 7.32. The van der Waals surface area contributed by atoms with Crippen molar-refractivity contribution in [1.29, 1.82) is 0 Å². The van der Waals surface area contributed by atoms with Crippen molar-refractivity contribution in [1.82, 2.24) is 0 Å². The lowest BCUT2D eigenvalue weighted by molar-refractivity contribution is -0.115. The standard InChI is InChI=1S/C15H18N2O5S2/c1-9(18)16-15-17(12-7-24(19,20)8-14(12)23-15)11-6-10(21-2)4-5-13(11)22-3/h4-6,12,14H,7-8H2,1-3H3/t12-,14+/m1/s1. The van der Waals surface area contributed by atoms with Crippen LogP contribution in [0.2, 0.25) is 0 Å². The van der Waals surface area contributed by atoms with E-state index in [-0.39, 0.29) is 28.7 Å². The number of amides is 1. The highest BCUT2D eigenvalue weighted by Gasteiger charge is 2.50. The van der Waals surface area contributed by atoms with E-state index in [1.165, 1.54) is 18.7 Å². The summed E-state index contributed by atoms with van der Waals surface area (Å²) in [7, 11) is -0.0139. The number of aliphatic imine (C=N–C) groups is 1. The predicted molar refractivity (Wildman–Crippen MR) is 94.0 cm³/mol. The lowest BCUT2D eigenvalue weighted by Crippen LogP contribution is -2.37. The zero-order valence-corrected chi connectivity index (χ0v) is 15.2. The summed E-state index contributed by atoms with van der Waals surface area (Å²) in [6.07, 6.45) is 0. The number of methoxy groups -OCH3 is 2. The Bertz CT molecular complexity index is 806. The minimum atomic E-state index is -3.11. The summed E-state index contributed by atoms with van der Waals surface area (Å²) in [5, 5.41) is 0.350. The maximum absolute atomic E-state index is 12.0. The van der Waals surface area contributed by atoms with E-state index in [2.05, 4.69) is 4.99 Å². The molecule has 7 nitrogen and oxygen atoms in total. The molecule has 2 aliphatic heterocycles. The molecule has 130 valence electrons. The van der Waals surface area contributed by atoms with E-state index in [9.17, 15) is 13.2 Å². The number of fused-ring (bicyclic) bond motifs is 1. The Morgan fingerprint density at radius 3 is 2.67 bits per heavy atom. The van der Waals surface area contributed by atoms with Crippen LogP contribution in [0.3, 0.4) is 0 Å². The van der Waals surface area contributed by atoms with E-state index in [1.807, 2.05) is 0 Å². The van der Waals surface area contributed by atoms with Crippen molar-refractivity contribution in [3.8, 4) is 11.5 Å². The molecule has 2 fully saturated rings. The van der Waals surface area contributed by atoms with E-state index < -0.39 is 9.84 Å². The molecule has 0 aromatic heterocycles. The number of nitrogens with zero attached hydrogens (tertiary/aromatic N) is 2. The number of ether oxygens (including phenoxy) is 2. The van der Waals surface area contributed by atoms with Crippen molar-refractivity contribution in [2.45, 2.75) is 18.2 Å². The minimum Gasteiger partial charge on any atom is -0.497 e. The van der Waals surface area contributed by atoms with E-state index in [0.717, 1.165) is 0 Å². The Hall–Kier alpha value is -1.74. The molecule has 24 heavy (non-hydrogen) atoms. The van der Waals surface area contributed by atoms with E-state index >= 15 is 0 Å². The van der Waals surface area contributed by atoms with Crippen LogP contribution >= 0.6 is 11.8 Å². The summed E-state index contributed by atoms with van der Waals surface area (Å²) < 4.78 is 34.7. The fourth-order valence-electron chi connectivity index (χ4n) is 2.97. The average Bonchev–Trinajstić information content (AvgIpc) is 2.96. The van der Waals surface area contributed by atoms with Gasteiger partial charge in [0.2, 0.25) is 5.91 Å². The van der Waals surface area contributed by atoms with Crippen molar-refractivity contribution in [2.75, 3.05) is 30.6 Å². The SMILES string of the molecule is COc1ccc(OC)c(N2C(=NC(C)=O)S[C@H]3CS(=O)(=O)C[C@H]32)c1. The Labute approximate surface area is 144 Å². The summed E-state index contributed by atoms with van der Waals surface area (Å²) >= 11 is 1.33. The second-order valence-corrected chi connectivity index (χ2v) is 8.98.